The molecule has 0 aliphatic carbocycles. The molecular formula is C17H19FN2O3. The number of aliphatic carboxylic acids is 1. The number of carbonyl (C=O) groups is 2. The second kappa shape index (κ2) is 6.73. The van der Waals surface area contributed by atoms with Gasteiger partial charge in [0.05, 0.1) is 16.5 Å². The van der Waals surface area contributed by atoms with Gasteiger partial charge in [0.2, 0.25) is 0 Å². The maximum absolute atomic E-state index is 13.7. The molecule has 1 heterocycles. The minimum absolute atomic E-state index is 0.0149. The summed E-state index contributed by atoms with van der Waals surface area (Å²) in [4.78, 5) is 28.0. The number of benzene rings is 1. The number of aromatic nitrogens is 1. The third-order valence-corrected chi connectivity index (χ3v) is 4.31. The zero-order valence-electron chi connectivity index (χ0n) is 13.1. The number of rotatable bonds is 6. The summed E-state index contributed by atoms with van der Waals surface area (Å²) in [5.74, 6) is -2.02. The SMILES string of the molecule is CCC(CC)(CNC(=O)c1cc(F)cc2cccnc12)C(=O)O. The molecule has 0 aliphatic rings. The van der Waals surface area contributed by atoms with Gasteiger partial charge in [-0.1, -0.05) is 19.9 Å². The molecule has 1 aromatic heterocycles. The smallest absolute Gasteiger partial charge is 0.311 e. The van der Waals surface area contributed by atoms with Crippen molar-refractivity contribution in [2.24, 2.45) is 5.41 Å². The van der Waals surface area contributed by atoms with E-state index in [1.54, 1.807) is 26.0 Å². The Morgan fingerprint density at radius 3 is 2.61 bits per heavy atom. The van der Waals surface area contributed by atoms with E-state index >= 15 is 0 Å². The number of amides is 1. The van der Waals surface area contributed by atoms with Gasteiger partial charge in [0.15, 0.2) is 0 Å². The van der Waals surface area contributed by atoms with Gasteiger partial charge in [0.1, 0.15) is 5.82 Å². The van der Waals surface area contributed by atoms with Crippen LogP contribution in [0.1, 0.15) is 37.0 Å². The van der Waals surface area contributed by atoms with E-state index in [1.807, 2.05) is 0 Å². The zero-order valence-corrected chi connectivity index (χ0v) is 13.1. The molecule has 2 N–H and O–H groups in total. The van der Waals surface area contributed by atoms with Crippen LogP contribution in [0.4, 0.5) is 4.39 Å². The molecule has 5 nitrogen and oxygen atoms in total. The summed E-state index contributed by atoms with van der Waals surface area (Å²) in [7, 11) is 0. The van der Waals surface area contributed by atoms with Crippen molar-refractivity contribution in [3.63, 3.8) is 0 Å². The van der Waals surface area contributed by atoms with Crippen LogP contribution in [0.5, 0.6) is 0 Å². The average Bonchev–Trinajstić information content (AvgIpc) is 2.54. The fraction of sp³-hybridized carbons (Fsp3) is 0.353. The Morgan fingerprint density at radius 1 is 1.30 bits per heavy atom. The number of carboxylic acids is 1. The van der Waals surface area contributed by atoms with Crippen LogP contribution in [-0.4, -0.2) is 28.5 Å². The van der Waals surface area contributed by atoms with E-state index in [-0.39, 0.29) is 12.1 Å². The van der Waals surface area contributed by atoms with Crippen LogP contribution in [0.25, 0.3) is 10.9 Å². The number of nitrogens with zero attached hydrogens (tertiary/aromatic N) is 1. The molecule has 23 heavy (non-hydrogen) atoms. The second-order valence-corrected chi connectivity index (χ2v) is 5.50. The summed E-state index contributed by atoms with van der Waals surface area (Å²) in [5, 5.41) is 12.5. The Balaban J connectivity index is 2.30. The van der Waals surface area contributed by atoms with Gasteiger partial charge in [-0.15, -0.1) is 0 Å². The highest BCUT2D eigenvalue weighted by atomic mass is 19.1. The Hall–Kier alpha value is -2.50. The summed E-state index contributed by atoms with van der Waals surface area (Å²) < 4.78 is 13.7. The van der Waals surface area contributed by atoms with Crippen molar-refractivity contribution in [3.05, 3.63) is 41.8 Å². The van der Waals surface area contributed by atoms with E-state index in [2.05, 4.69) is 10.3 Å². The summed E-state index contributed by atoms with van der Waals surface area (Å²) in [5.41, 5.74) is -0.529. The van der Waals surface area contributed by atoms with Crippen LogP contribution in [0.15, 0.2) is 30.5 Å². The molecule has 2 rings (SSSR count). The largest absolute Gasteiger partial charge is 0.481 e. The van der Waals surface area contributed by atoms with Crippen molar-refractivity contribution in [2.45, 2.75) is 26.7 Å². The molecular weight excluding hydrogens is 299 g/mol. The highest BCUT2D eigenvalue weighted by Crippen LogP contribution is 2.26. The van der Waals surface area contributed by atoms with Crippen LogP contribution in [0.2, 0.25) is 0 Å². The van der Waals surface area contributed by atoms with Gasteiger partial charge in [-0.3, -0.25) is 14.6 Å². The first-order chi connectivity index (χ1) is 10.9. The maximum atomic E-state index is 13.7. The van der Waals surface area contributed by atoms with Crippen molar-refractivity contribution >= 4 is 22.8 Å². The standard InChI is InChI=1S/C17H19FN2O3/c1-3-17(4-2,16(22)23)10-20-15(21)13-9-12(18)8-11-6-5-7-19-14(11)13/h5-9H,3-4,10H2,1-2H3,(H,20,21)(H,22,23). The Labute approximate surface area is 133 Å². The molecule has 0 radical (unpaired) electrons. The predicted molar refractivity (Wildman–Crippen MR) is 84.7 cm³/mol. The van der Waals surface area contributed by atoms with Crippen molar-refractivity contribution in [1.29, 1.82) is 0 Å². The van der Waals surface area contributed by atoms with Crippen molar-refractivity contribution < 1.29 is 19.1 Å². The third kappa shape index (κ3) is 3.31. The van der Waals surface area contributed by atoms with Gasteiger partial charge >= 0.3 is 5.97 Å². The average molecular weight is 318 g/mol. The summed E-state index contributed by atoms with van der Waals surface area (Å²) >= 11 is 0. The number of pyridine rings is 1. The predicted octanol–water partition coefficient (Wildman–Crippen LogP) is 2.99. The number of hydrogen-bond donors (Lipinski definition) is 2. The lowest BCUT2D eigenvalue weighted by Gasteiger charge is -2.26. The van der Waals surface area contributed by atoms with Crippen LogP contribution in [0.3, 0.4) is 0 Å². The molecule has 0 bridgehead atoms. The quantitative estimate of drug-likeness (QED) is 0.858. The number of fused-ring (bicyclic) bond motifs is 1. The lowest BCUT2D eigenvalue weighted by Crippen LogP contribution is -2.42. The normalized spacial score (nSPS) is 11.4. The minimum Gasteiger partial charge on any atom is -0.481 e. The zero-order chi connectivity index (χ0) is 17.0. The molecule has 0 unspecified atom stereocenters. The lowest BCUT2D eigenvalue weighted by molar-refractivity contribution is -0.149. The van der Waals surface area contributed by atoms with Gasteiger partial charge < -0.3 is 10.4 Å². The first-order valence-electron chi connectivity index (χ1n) is 7.49. The minimum atomic E-state index is -1.02. The lowest BCUT2D eigenvalue weighted by atomic mass is 9.82. The highest BCUT2D eigenvalue weighted by molar-refractivity contribution is 6.05. The summed E-state index contributed by atoms with van der Waals surface area (Å²) in [6, 6.07) is 5.75. The molecule has 0 saturated heterocycles. The molecule has 1 amide bonds. The van der Waals surface area contributed by atoms with Crippen LogP contribution in [-0.2, 0) is 4.79 Å². The van der Waals surface area contributed by atoms with Crippen LogP contribution >= 0.6 is 0 Å². The molecule has 0 fully saturated rings. The maximum Gasteiger partial charge on any atom is 0.311 e. The summed E-state index contributed by atoms with van der Waals surface area (Å²) in [6.07, 6.45) is 2.30. The number of hydrogen-bond acceptors (Lipinski definition) is 3. The van der Waals surface area contributed by atoms with E-state index in [9.17, 15) is 19.1 Å². The molecule has 1 aromatic carbocycles. The van der Waals surface area contributed by atoms with E-state index in [0.717, 1.165) is 6.07 Å². The van der Waals surface area contributed by atoms with Crippen LogP contribution < -0.4 is 5.32 Å². The topological polar surface area (TPSA) is 79.3 Å². The molecule has 6 heteroatoms. The first kappa shape index (κ1) is 16.9. The monoisotopic (exact) mass is 318 g/mol. The first-order valence-corrected chi connectivity index (χ1v) is 7.49. The van der Waals surface area contributed by atoms with Gasteiger partial charge in [0.25, 0.3) is 5.91 Å². The van der Waals surface area contributed by atoms with E-state index in [4.69, 9.17) is 0 Å². The molecule has 2 aromatic rings. The van der Waals surface area contributed by atoms with Gasteiger partial charge in [-0.05, 0) is 31.0 Å². The van der Waals surface area contributed by atoms with Gasteiger partial charge in [0, 0.05) is 18.1 Å². The highest BCUT2D eigenvalue weighted by Gasteiger charge is 2.35. The van der Waals surface area contributed by atoms with E-state index in [1.165, 1.54) is 12.3 Å². The third-order valence-electron chi connectivity index (χ3n) is 4.31. The number of nitrogens with one attached hydrogen (secondary N) is 1. The molecule has 0 spiro atoms. The number of carbonyl (C=O) groups excluding carboxylic acids is 1. The van der Waals surface area contributed by atoms with Gasteiger partial charge in [-0.25, -0.2) is 4.39 Å². The Morgan fingerprint density at radius 2 is 2.00 bits per heavy atom. The molecule has 0 atom stereocenters. The fourth-order valence-corrected chi connectivity index (χ4v) is 2.55. The number of halogens is 1. The fourth-order valence-electron chi connectivity index (χ4n) is 2.55. The van der Waals surface area contributed by atoms with Crippen molar-refractivity contribution in [1.82, 2.24) is 10.3 Å². The van der Waals surface area contributed by atoms with Gasteiger partial charge in [-0.2, -0.15) is 0 Å². The van der Waals surface area contributed by atoms with Crippen molar-refractivity contribution in [3.8, 4) is 0 Å². The van der Waals surface area contributed by atoms with Crippen molar-refractivity contribution in [2.75, 3.05) is 6.54 Å². The second-order valence-electron chi connectivity index (χ2n) is 5.50. The summed E-state index contributed by atoms with van der Waals surface area (Å²) in [6.45, 7) is 3.52. The molecule has 0 aliphatic heterocycles. The van der Waals surface area contributed by atoms with Crippen LogP contribution in [0, 0.1) is 11.2 Å². The Bertz CT molecular complexity index is 742. The van der Waals surface area contributed by atoms with E-state index in [0.29, 0.717) is 23.7 Å². The molecule has 0 saturated carbocycles. The molecule has 122 valence electrons. The Kier molecular flexibility index (Phi) is 4.93. The number of carboxylic acid groups (broad SMARTS) is 1. The van der Waals surface area contributed by atoms with E-state index < -0.39 is 23.1 Å².